The molecule has 0 bridgehead atoms. The van der Waals surface area contributed by atoms with Gasteiger partial charge in [0, 0.05) is 19.3 Å². The normalized spacial score (nSPS) is 12.4. The average Bonchev–Trinajstić information content (AvgIpc) is 3.09. The Bertz CT molecular complexity index is 1840. The third kappa shape index (κ3) is 4.71. The average molecular weight is 569 g/mol. The van der Waals surface area contributed by atoms with E-state index in [0.717, 1.165) is 0 Å². The smallest absolute Gasteiger partial charge is 0.417 e. The van der Waals surface area contributed by atoms with Gasteiger partial charge in [0.2, 0.25) is 0 Å². The molecule has 4 aromatic rings. The summed E-state index contributed by atoms with van der Waals surface area (Å²) in [5.41, 5.74) is -9.03. The number of carbonyl (C=O) groups excluding carboxylic acids is 1. The van der Waals surface area contributed by atoms with Gasteiger partial charge < -0.3 is 9.90 Å². The molecule has 2 aromatic heterocycles. The maximum atomic E-state index is 13.8. The fourth-order valence-electron chi connectivity index (χ4n) is 4.54. The minimum atomic E-state index is -5.53. The number of rotatable bonds is 5. The number of hydrogen-bond donors (Lipinski definition) is 0. The summed E-state index contributed by atoms with van der Waals surface area (Å²) in [5, 5.41) is 11.7. The van der Waals surface area contributed by atoms with Crippen LogP contribution < -0.4 is 22.0 Å². The van der Waals surface area contributed by atoms with Crippen molar-refractivity contribution in [3.05, 3.63) is 96.2 Å². The van der Waals surface area contributed by atoms with E-state index in [0.29, 0.717) is 33.9 Å². The van der Waals surface area contributed by atoms with Crippen molar-refractivity contribution < 1.29 is 36.2 Å². The van der Waals surface area contributed by atoms with Crippen molar-refractivity contribution in [3.63, 3.8) is 0 Å². The van der Waals surface area contributed by atoms with Crippen LogP contribution in [0.3, 0.4) is 0 Å². The van der Waals surface area contributed by atoms with Gasteiger partial charge >= 0.3 is 23.7 Å². The number of nitrogens with zero attached hydrogens (tertiary/aromatic N) is 4. The summed E-state index contributed by atoms with van der Waals surface area (Å²) < 4.78 is 84.9. The Labute approximate surface area is 219 Å². The second-order valence-corrected chi connectivity index (χ2v) is 9.19. The van der Waals surface area contributed by atoms with Gasteiger partial charge in [-0.25, -0.2) is 9.59 Å². The molecule has 0 aliphatic rings. The molecule has 0 amide bonds. The van der Waals surface area contributed by atoms with Crippen molar-refractivity contribution in [3.8, 4) is 5.69 Å². The summed E-state index contributed by atoms with van der Waals surface area (Å²) in [4.78, 5) is 50.5. The zero-order chi connectivity index (χ0) is 29.9. The molecule has 9 nitrogen and oxygen atoms in total. The van der Waals surface area contributed by atoms with E-state index in [1.54, 1.807) is 13.8 Å². The molecular formula is C25H19F6N4O5-. The SMILES string of the molecule is CC(C)n1c(=O)n(C)c2cc(-n3cc(C(=O)[O-])c(=O)n(Cc4cccc(C(F)(F)F)c4C(F)(F)F)c3=O)ccc21. The van der Waals surface area contributed by atoms with E-state index in [-0.39, 0.29) is 22.4 Å². The molecule has 0 radical (unpaired) electrons. The molecule has 0 saturated heterocycles. The molecule has 15 heteroatoms. The number of carboxylic acids is 1. The molecular weight excluding hydrogens is 550 g/mol. The summed E-state index contributed by atoms with van der Waals surface area (Å²) in [6.07, 6.45) is -10.3. The number of carboxylic acid groups (broad SMARTS) is 1. The van der Waals surface area contributed by atoms with E-state index < -0.39 is 64.1 Å². The van der Waals surface area contributed by atoms with Crippen LogP contribution in [0.25, 0.3) is 16.7 Å². The Morgan fingerprint density at radius 3 is 2.12 bits per heavy atom. The fourth-order valence-corrected chi connectivity index (χ4v) is 4.54. The number of hydrogen-bond acceptors (Lipinski definition) is 5. The van der Waals surface area contributed by atoms with Crippen molar-refractivity contribution in [1.29, 1.82) is 0 Å². The summed E-state index contributed by atoms with van der Waals surface area (Å²) in [7, 11) is 1.44. The first-order chi connectivity index (χ1) is 18.4. The number of fused-ring (bicyclic) bond motifs is 1. The molecule has 0 spiro atoms. The van der Waals surface area contributed by atoms with Crippen LogP contribution >= 0.6 is 0 Å². The molecule has 2 heterocycles. The van der Waals surface area contributed by atoms with Gasteiger partial charge in [0.1, 0.15) is 0 Å². The molecule has 0 fully saturated rings. The molecule has 0 aliphatic heterocycles. The van der Waals surface area contributed by atoms with Crippen LogP contribution in [0.2, 0.25) is 0 Å². The van der Waals surface area contributed by atoms with E-state index in [2.05, 4.69) is 0 Å². The molecule has 40 heavy (non-hydrogen) atoms. The van der Waals surface area contributed by atoms with Crippen molar-refractivity contribution in [1.82, 2.24) is 18.3 Å². The maximum absolute atomic E-state index is 13.8. The number of imidazole rings is 1. The Hall–Kier alpha value is -4.56. The summed E-state index contributed by atoms with van der Waals surface area (Å²) in [6, 6.07) is 5.34. The second kappa shape index (κ2) is 9.57. The van der Waals surface area contributed by atoms with E-state index in [4.69, 9.17) is 0 Å². The fraction of sp³-hybridized carbons (Fsp3) is 0.280. The maximum Gasteiger partial charge on any atom is 0.417 e. The van der Waals surface area contributed by atoms with Crippen LogP contribution in [0.4, 0.5) is 26.3 Å². The molecule has 0 unspecified atom stereocenters. The van der Waals surface area contributed by atoms with E-state index >= 15 is 0 Å². The highest BCUT2D eigenvalue weighted by molar-refractivity contribution is 5.85. The van der Waals surface area contributed by atoms with Crippen molar-refractivity contribution in [2.24, 2.45) is 7.05 Å². The van der Waals surface area contributed by atoms with Crippen LogP contribution in [-0.4, -0.2) is 24.2 Å². The number of aryl methyl sites for hydroxylation is 1. The number of aromatic carboxylic acids is 1. The van der Waals surface area contributed by atoms with Gasteiger partial charge in [-0.3, -0.25) is 23.1 Å². The minimum absolute atomic E-state index is 0.0784. The first-order valence-corrected chi connectivity index (χ1v) is 11.5. The Morgan fingerprint density at radius 1 is 0.925 bits per heavy atom. The van der Waals surface area contributed by atoms with Gasteiger partial charge in [0.25, 0.3) is 5.56 Å². The lowest BCUT2D eigenvalue weighted by atomic mass is 9.99. The highest BCUT2D eigenvalue weighted by Crippen LogP contribution is 2.42. The van der Waals surface area contributed by atoms with Crippen molar-refractivity contribution in [2.75, 3.05) is 0 Å². The number of carbonyl (C=O) groups is 1. The van der Waals surface area contributed by atoms with Crippen LogP contribution in [-0.2, 0) is 25.9 Å². The monoisotopic (exact) mass is 569 g/mol. The molecule has 4 rings (SSSR count). The summed E-state index contributed by atoms with van der Waals surface area (Å²) >= 11 is 0. The lowest BCUT2D eigenvalue weighted by molar-refractivity contribution is -0.255. The van der Waals surface area contributed by atoms with E-state index in [1.807, 2.05) is 0 Å². The minimum Gasteiger partial charge on any atom is -0.545 e. The Morgan fingerprint density at radius 2 is 1.57 bits per heavy atom. The molecule has 0 atom stereocenters. The molecule has 0 aliphatic carbocycles. The van der Waals surface area contributed by atoms with Crippen LogP contribution in [0.1, 0.15) is 46.9 Å². The van der Waals surface area contributed by atoms with E-state index in [1.165, 1.54) is 34.4 Å². The molecule has 0 N–H and O–H groups in total. The van der Waals surface area contributed by atoms with E-state index in [9.17, 15) is 50.6 Å². The number of halogens is 6. The van der Waals surface area contributed by atoms with Gasteiger partial charge in [0.15, 0.2) is 0 Å². The standard InChI is InChI=1S/C25H20F6N4O5/c1-12(2)35-17-8-7-14(9-18(17)32(3)22(35)39)33-11-15(21(37)38)20(36)34(23(33)40)10-13-5-4-6-16(24(26,27)28)19(13)25(29,30)31/h4-9,11-12H,10H2,1-3H3,(H,37,38)/p-1. The lowest BCUT2D eigenvalue weighted by Gasteiger charge is -2.20. The number of aromatic nitrogens is 4. The Kier molecular flexibility index (Phi) is 6.81. The molecule has 212 valence electrons. The van der Waals surface area contributed by atoms with Gasteiger partial charge in [-0.1, -0.05) is 12.1 Å². The quantitative estimate of drug-likeness (QED) is 0.344. The van der Waals surface area contributed by atoms with Gasteiger partial charge in [0.05, 0.1) is 45.9 Å². The zero-order valence-corrected chi connectivity index (χ0v) is 20.9. The van der Waals surface area contributed by atoms with Crippen molar-refractivity contribution >= 4 is 17.0 Å². The Balaban J connectivity index is 2.00. The predicted octanol–water partition coefficient (Wildman–Crippen LogP) is 2.68. The molecule has 2 aromatic carbocycles. The van der Waals surface area contributed by atoms with Crippen LogP contribution in [0.5, 0.6) is 0 Å². The first kappa shape index (κ1) is 28.4. The first-order valence-electron chi connectivity index (χ1n) is 11.5. The highest BCUT2D eigenvalue weighted by atomic mass is 19.4. The van der Waals surface area contributed by atoms with Gasteiger partial charge in [-0.15, -0.1) is 0 Å². The van der Waals surface area contributed by atoms with Gasteiger partial charge in [-0.05, 0) is 43.7 Å². The highest BCUT2D eigenvalue weighted by Gasteiger charge is 2.44. The lowest BCUT2D eigenvalue weighted by Crippen LogP contribution is -2.44. The predicted molar refractivity (Wildman–Crippen MR) is 127 cm³/mol. The number of benzene rings is 2. The summed E-state index contributed by atoms with van der Waals surface area (Å²) in [5.74, 6) is -2.08. The van der Waals surface area contributed by atoms with Gasteiger partial charge in [-0.2, -0.15) is 26.3 Å². The van der Waals surface area contributed by atoms with Crippen LogP contribution in [0.15, 0.2) is 57.0 Å². The third-order valence-corrected chi connectivity index (χ3v) is 6.33. The van der Waals surface area contributed by atoms with Crippen molar-refractivity contribution in [2.45, 2.75) is 38.8 Å². The second-order valence-electron chi connectivity index (χ2n) is 9.19. The molecule has 0 saturated carbocycles. The third-order valence-electron chi connectivity index (χ3n) is 6.33. The largest absolute Gasteiger partial charge is 0.545 e. The van der Waals surface area contributed by atoms with Crippen LogP contribution in [0, 0.1) is 0 Å². The zero-order valence-electron chi connectivity index (χ0n) is 20.9. The summed E-state index contributed by atoms with van der Waals surface area (Å²) in [6.45, 7) is 2.18. The number of alkyl halides is 6. The topological polar surface area (TPSA) is 111 Å².